The lowest BCUT2D eigenvalue weighted by Crippen LogP contribution is -2.43. The summed E-state index contributed by atoms with van der Waals surface area (Å²) in [6.07, 6.45) is 0.739. The van der Waals surface area contributed by atoms with Gasteiger partial charge in [0.15, 0.2) is 0 Å². The zero-order valence-electron chi connectivity index (χ0n) is 19.8. The third-order valence-corrected chi connectivity index (χ3v) is 7.77. The van der Waals surface area contributed by atoms with E-state index in [4.69, 9.17) is 13.6 Å². The first kappa shape index (κ1) is 27.4. The minimum Gasteiger partial charge on any atom is -0.448 e. The van der Waals surface area contributed by atoms with Crippen LogP contribution in [0.2, 0.25) is 6.04 Å². The molecule has 188 valence electrons. The minimum atomic E-state index is -3.22. The molecule has 1 heterocycles. The van der Waals surface area contributed by atoms with E-state index in [9.17, 15) is 24.0 Å². The first-order valence-corrected chi connectivity index (χ1v) is 13.3. The van der Waals surface area contributed by atoms with Crippen LogP contribution in [0.1, 0.15) is 36.2 Å². The Balaban J connectivity index is 1.75. The molecule has 1 aliphatic rings. The first-order chi connectivity index (χ1) is 16.2. The topological polar surface area (TPSA) is 135 Å². The van der Waals surface area contributed by atoms with Crippen molar-refractivity contribution in [2.75, 3.05) is 40.0 Å². The molecule has 0 bridgehead atoms. The Morgan fingerprint density at radius 3 is 2.38 bits per heavy atom. The molecule has 1 aromatic carbocycles. The van der Waals surface area contributed by atoms with E-state index >= 15 is 0 Å². The normalized spacial score (nSPS) is 16.2. The van der Waals surface area contributed by atoms with Crippen LogP contribution in [-0.2, 0) is 29.6 Å². The van der Waals surface area contributed by atoms with E-state index in [1.807, 2.05) is 0 Å². The van der Waals surface area contributed by atoms with E-state index in [-0.39, 0.29) is 37.9 Å². The largest absolute Gasteiger partial charge is 0.498 e. The van der Waals surface area contributed by atoms with Crippen molar-refractivity contribution in [3.05, 3.63) is 35.4 Å². The molecule has 1 unspecified atom stereocenters. The zero-order valence-corrected chi connectivity index (χ0v) is 20.8. The number of carbonyl (C=O) groups is 4. The van der Waals surface area contributed by atoms with Crippen LogP contribution in [0.3, 0.4) is 0 Å². The van der Waals surface area contributed by atoms with Gasteiger partial charge in [-0.1, -0.05) is 24.3 Å². The molecule has 2 rings (SSSR count). The number of nitrogens with zero attached hydrogens (tertiary/aromatic N) is 2. The van der Waals surface area contributed by atoms with Crippen molar-refractivity contribution in [1.82, 2.24) is 15.3 Å². The highest BCUT2D eigenvalue weighted by Gasteiger charge is 2.43. The van der Waals surface area contributed by atoms with Gasteiger partial charge in [-0.3, -0.25) is 19.4 Å². The Labute approximate surface area is 200 Å². The summed E-state index contributed by atoms with van der Waals surface area (Å²) in [7, 11) is -1.72. The van der Waals surface area contributed by atoms with Gasteiger partial charge >= 0.3 is 14.9 Å². The molecule has 1 saturated heterocycles. The lowest BCUT2D eigenvalue weighted by atomic mass is 9.98. The summed E-state index contributed by atoms with van der Waals surface area (Å²) in [4.78, 5) is 58.3. The number of amides is 3. The van der Waals surface area contributed by atoms with Gasteiger partial charge in [-0.2, -0.15) is 0 Å². The Morgan fingerprint density at radius 1 is 1.15 bits per heavy atom. The van der Waals surface area contributed by atoms with Gasteiger partial charge in [0.2, 0.25) is 0 Å². The van der Waals surface area contributed by atoms with Crippen molar-refractivity contribution in [2.45, 2.75) is 32.7 Å². The average Bonchev–Trinajstić information content (AvgIpc) is 3.01. The van der Waals surface area contributed by atoms with Crippen LogP contribution in [0.5, 0.6) is 0 Å². The smallest absolute Gasteiger partial charge is 0.448 e. The van der Waals surface area contributed by atoms with Gasteiger partial charge < -0.3 is 23.7 Å². The third kappa shape index (κ3) is 7.62. The summed E-state index contributed by atoms with van der Waals surface area (Å²) >= 11 is 0. The monoisotopic (exact) mass is 495 g/mol. The fourth-order valence-corrected chi connectivity index (χ4v) is 5.49. The van der Waals surface area contributed by atoms with Crippen molar-refractivity contribution in [3.63, 3.8) is 0 Å². The molecule has 1 atom stereocenters. The predicted molar refractivity (Wildman–Crippen MR) is 124 cm³/mol. The van der Waals surface area contributed by atoms with Crippen LogP contribution in [0.4, 0.5) is 4.79 Å². The van der Waals surface area contributed by atoms with Gasteiger partial charge in [-0.25, -0.2) is 9.80 Å². The fraction of sp³-hybridized carbons (Fsp3) is 0.545. The SMILES string of the molecule is CCO[Si](O)(CCCNC(=O)OCCN1C(=O)C(Cc2ccc(C=O)cc2)C(=O)N1C)OCC. The second-order valence-corrected chi connectivity index (χ2v) is 10.2. The highest BCUT2D eigenvalue weighted by Crippen LogP contribution is 2.22. The van der Waals surface area contributed by atoms with E-state index < -0.39 is 20.8 Å². The molecule has 1 aromatic rings. The third-order valence-electron chi connectivity index (χ3n) is 5.30. The Kier molecular flexibility index (Phi) is 10.6. The van der Waals surface area contributed by atoms with Crippen molar-refractivity contribution in [1.29, 1.82) is 0 Å². The van der Waals surface area contributed by atoms with Crippen molar-refractivity contribution in [3.8, 4) is 0 Å². The number of carbonyl (C=O) groups excluding carboxylic acids is 4. The molecule has 34 heavy (non-hydrogen) atoms. The van der Waals surface area contributed by atoms with E-state index in [1.165, 1.54) is 17.1 Å². The van der Waals surface area contributed by atoms with Crippen molar-refractivity contribution >= 4 is 33.0 Å². The molecule has 0 spiro atoms. The van der Waals surface area contributed by atoms with E-state index in [2.05, 4.69) is 5.32 Å². The maximum atomic E-state index is 12.7. The van der Waals surface area contributed by atoms with Crippen LogP contribution >= 0.6 is 0 Å². The van der Waals surface area contributed by atoms with Gasteiger partial charge in [0, 0.05) is 38.4 Å². The Morgan fingerprint density at radius 2 is 1.79 bits per heavy atom. The molecule has 2 N–H and O–H groups in total. The highest BCUT2D eigenvalue weighted by molar-refractivity contribution is 6.59. The predicted octanol–water partition coefficient (Wildman–Crippen LogP) is 0.994. The number of nitrogens with one attached hydrogen (secondary N) is 1. The van der Waals surface area contributed by atoms with E-state index in [0.717, 1.165) is 11.8 Å². The van der Waals surface area contributed by atoms with Crippen LogP contribution < -0.4 is 5.32 Å². The number of hydrogen-bond donors (Lipinski definition) is 2. The van der Waals surface area contributed by atoms with Crippen LogP contribution in [0.15, 0.2) is 24.3 Å². The average molecular weight is 496 g/mol. The van der Waals surface area contributed by atoms with Crippen molar-refractivity contribution in [2.24, 2.45) is 5.92 Å². The van der Waals surface area contributed by atoms with Gasteiger partial charge in [-0.05, 0) is 32.3 Å². The Bertz CT molecular complexity index is 845. The zero-order chi connectivity index (χ0) is 25.1. The standard InChI is InChI=1S/C22H33N3O8Si/c1-4-32-34(30,33-5-2)14-6-11-23-22(29)31-13-12-25-21(28)19(20(27)24(25)3)15-17-7-9-18(16-26)10-8-17/h7-10,16,19,30H,4-6,11-15H2,1-3H3,(H,23,29). The maximum absolute atomic E-state index is 12.7. The summed E-state index contributed by atoms with van der Waals surface area (Å²) in [5.41, 5.74) is 1.29. The molecule has 12 heteroatoms. The van der Waals surface area contributed by atoms with Crippen LogP contribution in [0.25, 0.3) is 0 Å². The number of alkyl carbamates (subject to hydrolysis) is 1. The number of benzene rings is 1. The summed E-state index contributed by atoms with van der Waals surface area (Å²) in [6, 6.07) is 7.01. The van der Waals surface area contributed by atoms with E-state index in [1.54, 1.807) is 38.1 Å². The summed E-state index contributed by atoms with van der Waals surface area (Å²) < 4.78 is 15.8. The van der Waals surface area contributed by atoms with E-state index in [0.29, 0.717) is 31.2 Å². The summed E-state index contributed by atoms with van der Waals surface area (Å²) in [5, 5.41) is 5.07. The van der Waals surface area contributed by atoms with Gasteiger partial charge in [0.25, 0.3) is 11.8 Å². The highest BCUT2D eigenvalue weighted by atomic mass is 28.4. The first-order valence-electron chi connectivity index (χ1n) is 11.3. The number of hydrazine groups is 1. The van der Waals surface area contributed by atoms with Crippen molar-refractivity contribution < 1.29 is 37.6 Å². The molecule has 0 radical (unpaired) electrons. The second-order valence-electron chi connectivity index (χ2n) is 7.68. The molecule has 0 aromatic heterocycles. The second kappa shape index (κ2) is 13.2. The van der Waals surface area contributed by atoms with Crippen LogP contribution in [-0.4, -0.2) is 87.8 Å². The fourth-order valence-electron chi connectivity index (χ4n) is 3.60. The van der Waals surface area contributed by atoms with Gasteiger partial charge in [0.1, 0.15) is 18.8 Å². The number of aldehydes is 1. The number of rotatable bonds is 14. The minimum absolute atomic E-state index is 0.0381. The lowest BCUT2D eigenvalue weighted by Gasteiger charge is -2.23. The molecule has 1 fully saturated rings. The quantitative estimate of drug-likeness (QED) is 0.169. The molecule has 3 amide bonds. The summed E-state index contributed by atoms with van der Waals surface area (Å²) in [5.74, 6) is -1.57. The van der Waals surface area contributed by atoms with Gasteiger partial charge in [0.05, 0.1) is 6.54 Å². The van der Waals surface area contributed by atoms with Crippen LogP contribution in [0, 0.1) is 5.92 Å². The number of ether oxygens (including phenoxy) is 1. The maximum Gasteiger partial charge on any atom is 0.498 e. The van der Waals surface area contributed by atoms with Gasteiger partial charge in [-0.15, -0.1) is 0 Å². The number of hydrogen-bond acceptors (Lipinski definition) is 8. The lowest BCUT2D eigenvalue weighted by molar-refractivity contribution is -0.144. The Hall–Kier alpha value is -2.80. The molecule has 0 aliphatic carbocycles. The molecule has 0 saturated carbocycles. The molecule has 11 nitrogen and oxygen atoms in total. The summed E-state index contributed by atoms with van der Waals surface area (Å²) in [6.45, 7) is 4.45. The molecular formula is C22H33N3O8Si. The molecular weight excluding hydrogens is 462 g/mol. The molecule has 1 aliphatic heterocycles.